The summed E-state index contributed by atoms with van der Waals surface area (Å²) in [4.78, 5) is 14.1. The van der Waals surface area contributed by atoms with Gasteiger partial charge in [-0.1, -0.05) is 0 Å². The first-order valence-electron chi connectivity index (χ1n) is 7.24. The van der Waals surface area contributed by atoms with Crippen molar-refractivity contribution >= 4 is 5.91 Å². The number of nitrogens with zero attached hydrogens (tertiary/aromatic N) is 2. The molecule has 0 spiro atoms. The standard InChI is InChI=1S/C14H23N3O2/c15-5-8-17-6-3-12(4-7-17)10-16-14(18)13-2-1-9-19-11-13/h12-13H,1-4,6-11H2,(H,16,18)/t13-/m1/s1. The average molecular weight is 265 g/mol. The highest BCUT2D eigenvalue weighted by Gasteiger charge is 2.23. The molecular formula is C14H23N3O2. The molecule has 2 rings (SSSR count). The fraction of sp³-hybridized carbons (Fsp3) is 0.857. The number of piperidine rings is 1. The molecule has 2 heterocycles. The highest BCUT2D eigenvalue weighted by molar-refractivity contribution is 5.78. The molecule has 0 saturated carbocycles. The van der Waals surface area contributed by atoms with Crippen molar-refractivity contribution in [3.05, 3.63) is 0 Å². The van der Waals surface area contributed by atoms with Crippen LogP contribution in [-0.2, 0) is 9.53 Å². The zero-order chi connectivity index (χ0) is 13.5. The van der Waals surface area contributed by atoms with Gasteiger partial charge in [0.05, 0.1) is 25.1 Å². The Morgan fingerprint density at radius 3 is 2.79 bits per heavy atom. The molecule has 2 aliphatic rings. The first-order chi connectivity index (χ1) is 9.29. The van der Waals surface area contributed by atoms with Gasteiger partial charge in [-0.25, -0.2) is 0 Å². The fourth-order valence-electron chi connectivity index (χ4n) is 2.79. The van der Waals surface area contributed by atoms with Crippen LogP contribution in [0.4, 0.5) is 0 Å². The van der Waals surface area contributed by atoms with Crippen molar-refractivity contribution in [3.8, 4) is 6.07 Å². The van der Waals surface area contributed by atoms with E-state index in [1.165, 1.54) is 0 Å². The van der Waals surface area contributed by atoms with Crippen LogP contribution in [-0.4, -0.2) is 50.2 Å². The molecule has 106 valence electrons. The lowest BCUT2D eigenvalue weighted by atomic mass is 9.96. The summed E-state index contributed by atoms with van der Waals surface area (Å²) in [6.07, 6.45) is 4.09. The second kappa shape index (κ2) is 7.46. The predicted molar refractivity (Wildman–Crippen MR) is 71.3 cm³/mol. The Hall–Kier alpha value is -1.12. The SMILES string of the molecule is N#CCN1CCC(CNC(=O)[C@@H]2CCCOC2)CC1. The zero-order valence-electron chi connectivity index (χ0n) is 11.4. The lowest BCUT2D eigenvalue weighted by molar-refractivity contribution is -0.129. The third-order valence-corrected chi connectivity index (χ3v) is 4.10. The molecule has 5 heteroatoms. The lowest BCUT2D eigenvalue weighted by Crippen LogP contribution is -2.41. The molecule has 0 aromatic heterocycles. The minimum Gasteiger partial charge on any atom is -0.381 e. The Morgan fingerprint density at radius 2 is 2.16 bits per heavy atom. The van der Waals surface area contributed by atoms with Gasteiger partial charge in [0.15, 0.2) is 0 Å². The topological polar surface area (TPSA) is 65.4 Å². The molecule has 2 fully saturated rings. The second-order valence-corrected chi connectivity index (χ2v) is 5.54. The molecule has 0 radical (unpaired) electrons. The molecule has 0 aliphatic carbocycles. The van der Waals surface area contributed by atoms with E-state index >= 15 is 0 Å². The fourth-order valence-corrected chi connectivity index (χ4v) is 2.79. The Balaban J connectivity index is 1.63. The number of rotatable bonds is 4. The smallest absolute Gasteiger partial charge is 0.225 e. The number of ether oxygens (including phenoxy) is 1. The third kappa shape index (κ3) is 4.48. The monoisotopic (exact) mass is 265 g/mol. The van der Waals surface area contributed by atoms with Gasteiger partial charge < -0.3 is 10.1 Å². The molecule has 0 aromatic rings. The van der Waals surface area contributed by atoms with E-state index in [2.05, 4.69) is 16.3 Å². The summed E-state index contributed by atoms with van der Waals surface area (Å²) in [6.45, 7) is 4.61. The van der Waals surface area contributed by atoms with Crippen molar-refractivity contribution in [2.75, 3.05) is 39.4 Å². The lowest BCUT2D eigenvalue weighted by Gasteiger charge is -2.30. The summed E-state index contributed by atoms with van der Waals surface area (Å²) < 4.78 is 5.34. The number of nitrogens with one attached hydrogen (secondary N) is 1. The van der Waals surface area contributed by atoms with E-state index in [-0.39, 0.29) is 11.8 Å². The molecular weight excluding hydrogens is 242 g/mol. The van der Waals surface area contributed by atoms with E-state index in [0.29, 0.717) is 19.1 Å². The van der Waals surface area contributed by atoms with Gasteiger partial charge in [-0.2, -0.15) is 5.26 Å². The van der Waals surface area contributed by atoms with Crippen molar-refractivity contribution in [3.63, 3.8) is 0 Å². The molecule has 0 aromatic carbocycles. The van der Waals surface area contributed by atoms with Crippen molar-refractivity contribution in [2.24, 2.45) is 11.8 Å². The van der Waals surface area contributed by atoms with Gasteiger partial charge >= 0.3 is 0 Å². The molecule has 2 saturated heterocycles. The third-order valence-electron chi connectivity index (χ3n) is 4.10. The number of carbonyl (C=O) groups is 1. The van der Waals surface area contributed by atoms with E-state index in [1.54, 1.807) is 0 Å². The maximum Gasteiger partial charge on any atom is 0.225 e. The van der Waals surface area contributed by atoms with Crippen LogP contribution in [0, 0.1) is 23.2 Å². The van der Waals surface area contributed by atoms with E-state index in [1.807, 2.05) is 0 Å². The van der Waals surface area contributed by atoms with Gasteiger partial charge in [0.25, 0.3) is 0 Å². The van der Waals surface area contributed by atoms with E-state index < -0.39 is 0 Å². The number of amides is 1. The molecule has 1 amide bonds. The van der Waals surface area contributed by atoms with Gasteiger partial charge in [0, 0.05) is 13.2 Å². The molecule has 1 N–H and O–H groups in total. The minimum absolute atomic E-state index is 0.0485. The van der Waals surface area contributed by atoms with Gasteiger partial charge in [0.2, 0.25) is 5.91 Å². The number of hydrogen-bond acceptors (Lipinski definition) is 4. The molecule has 0 unspecified atom stereocenters. The minimum atomic E-state index is 0.0485. The van der Waals surface area contributed by atoms with Crippen LogP contribution < -0.4 is 5.32 Å². The second-order valence-electron chi connectivity index (χ2n) is 5.54. The largest absolute Gasteiger partial charge is 0.381 e. The number of likely N-dealkylation sites (tertiary alicyclic amines) is 1. The van der Waals surface area contributed by atoms with Gasteiger partial charge in [-0.15, -0.1) is 0 Å². The van der Waals surface area contributed by atoms with Crippen molar-refractivity contribution in [2.45, 2.75) is 25.7 Å². The predicted octanol–water partition coefficient (Wildman–Crippen LogP) is 0.765. The average Bonchev–Trinajstić information content (AvgIpc) is 2.47. The van der Waals surface area contributed by atoms with Crippen molar-refractivity contribution in [1.82, 2.24) is 10.2 Å². The highest BCUT2D eigenvalue weighted by Crippen LogP contribution is 2.17. The Kier molecular flexibility index (Phi) is 5.62. The first-order valence-corrected chi connectivity index (χ1v) is 7.24. The molecule has 19 heavy (non-hydrogen) atoms. The summed E-state index contributed by atoms with van der Waals surface area (Å²) in [7, 11) is 0. The summed E-state index contributed by atoms with van der Waals surface area (Å²) in [5.74, 6) is 0.759. The summed E-state index contributed by atoms with van der Waals surface area (Å²) in [5.41, 5.74) is 0. The van der Waals surface area contributed by atoms with Gasteiger partial charge in [-0.05, 0) is 44.7 Å². The van der Waals surface area contributed by atoms with E-state index in [4.69, 9.17) is 10.00 Å². The Morgan fingerprint density at radius 1 is 1.37 bits per heavy atom. The maximum atomic E-state index is 12.0. The van der Waals surface area contributed by atoms with Crippen LogP contribution in [0.5, 0.6) is 0 Å². The van der Waals surface area contributed by atoms with Gasteiger partial charge in [-0.3, -0.25) is 9.69 Å². The van der Waals surface area contributed by atoms with Crippen LogP contribution in [0.3, 0.4) is 0 Å². The highest BCUT2D eigenvalue weighted by atomic mass is 16.5. The Bertz CT molecular complexity index is 326. The first kappa shape index (κ1) is 14.3. The molecule has 0 bridgehead atoms. The van der Waals surface area contributed by atoms with E-state index in [9.17, 15) is 4.79 Å². The molecule has 2 aliphatic heterocycles. The maximum absolute atomic E-state index is 12.0. The van der Waals surface area contributed by atoms with Crippen LogP contribution in [0.1, 0.15) is 25.7 Å². The molecule has 1 atom stereocenters. The van der Waals surface area contributed by atoms with Gasteiger partial charge in [0.1, 0.15) is 0 Å². The van der Waals surface area contributed by atoms with Crippen molar-refractivity contribution < 1.29 is 9.53 Å². The normalized spacial score (nSPS) is 25.7. The van der Waals surface area contributed by atoms with Crippen molar-refractivity contribution in [1.29, 1.82) is 5.26 Å². The number of carbonyl (C=O) groups excluding carboxylic acids is 1. The summed E-state index contributed by atoms with van der Waals surface area (Å²) in [6, 6.07) is 2.19. The zero-order valence-corrected chi connectivity index (χ0v) is 11.4. The van der Waals surface area contributed by atoms with E-state index in [0.717, 1.165) is 51.9 Å². The van der Waals surface area contributed by atoms with Crippen LogP contribution in [0.2, 0.25) is 0 Å². The quantitative estimate of drug-likeness (QED) is 0.762. The van der Waals surface area contributed by atoms with Crippen LogP contribution >= 0.6 is 0 Å². The molecule has 5 nitrogen and oxygen atoms in total. The summed E-state index contributed by atoms with van der Waals surface area (Å²) >= 11 is 0. The number of nitriles is 1. The van der Waals surface area contributed by atoms with Crippen LogP contribution in [0.15, 0.2) is 0 Å². The number of hydrogen-bond donors (Lipinski definition) is 1. The Labute approximate surface area is 114 Å². The summed E-state index contributed by atoms with van der Waals surface area (Å²) in [5, 5.41) is 11.7. The van der Waals surface area contributed by atoms with Crippen LogP contribution in [0.25, 0.3) is 0 Å².